The molecule has 0 unspecified atom stereocenters. The van der Waals surface area contributed by atoms with Crippen LogP contribution in [0.2, 0.25) is 0 Å². The highest BCUT2D eigenvalue weighted by Gasteiger charge is 2.32. The van der Waals surface area contributed by atoms with E-state index in [9.17, 15) is 8.42 Å². The van der Waals surface area contributed by atoms with Crippen LogP contribution in [0.1, 0.15) is 33.6 Å². The molecule has 0 aromatic heterocycles. The molecule has 0 aromatic rings. The molecule has 0 atom stereocenters. The first kappa shape index (κ1) is 13.4. The molecule has 0 aliphatic carbocycles. The average Bonchev–Trinajstić information content (AvgIpc) is 2.13. The van der Waals surface area contributed by atoms with Gasteiger partial charge in [0.1, 0.15) is 5.54 Å². The summed E-state index contributed by atoms with van der Waals surface area (Å²) >= 11 is 0. The van der Waals surface area contributed by atoms with Crippen molar-refractivity contribution in [2.75, 3.05) is 12.8 Å². The van der Waals surface area contributed by atoms with E-state index in [1.54, 1.807) is 13.8 Å². The summed E-state index contributed by atoms with van der Waals surface area (Å²) in [4.78, 5) is 0. The zero-order valence-electron chi connectivity index (χ0n) is 9.24. The molecule has 4 nitrogen and oxygen atoms in total. The molecule has 0 aliphatic heterocycles. The lowest BCUT2D eigenvalue weighted by Gasteiger charge is -2.28. The normalized spacial score (nSPS) is 12.9. The predicted octanol–water partition coefficient (Wildman–Crippen LogP) is 1.35. The maximum absolute atomic E-state index is 11.7. The molecular formula is C9H18N2O2S. The lowest BCUT2D eigenvalue weighted by molar-refractivity contribution is 0.336. The van der Waals surface area contributed by atoms with Gasteiger partial charge in [-0.25, -0.2) is 8.42 Å². The second-order valence-corrected chi connectivity index (χ2v) is 5.93. The van der Waals surface area contributed by atoms with Gasteiger partial charge in [0.05, 0.1) is 11.8 Å². The van der Waals surface area contributed by atoms with Crippen LogP contribution >= 0.6 is 0 Å². The lowest BCUT2D eigenvalue weighted by atomic mass is 10.1. The monoisotopic (exact) mass is 218 g/mol. The van der Waals surface area contributed by atoms with Crippen LogP contribution in [0.4, 0.5) is 0 Å². The first-order valence-electron chi connectivity index (χ1n) is 4.66. The van der Waals surface area contributed by atoms with Crippen LogP contribution in [0.5, 0.6) is 0 Å². The van der Waals surface area contributed by atoms with E-state index in [0.29, 0.717) is 6.42 Å². The van der Waals surface area contributed by atoms with E-state index in [-0.39, 0.29) is 5.75 Å². The molecular weight excluding hydrogens is 200 g/mol. The molecule has 14 heavy (non-hydrogen) atoms. The van der Waals surface area contributed by atoms with Gasteiger partial charge in [-0.1, -0.05) is 13.3 Å². The Morgan fingerprint density at radius 1 is 1.43 bits per heavy atom. The summed E-state index contributed by atoms with van der Waals surface area (Å²) in [6, 6.07) is 1.97. The van der Waals surface area contributed by atoms with E-state index >= 15 is 0 Å². The molecule has 0 rings (SSSR count). The molecule has 0 radical (unpaired) electrons. The minimum Gasteiger partial charge on any atom is -0.212 e. The molecule has 0 spiro atoms. The Labute approximate surface area is 86.6 Å². The maximum Gasteiger partial charge on any atom is 0.215 e. The highest BCUT2D eigenvalue weighted by atomic mass is 32.2. The van der Waals surface area contributed by atoms with Gasteiger partial charge < -0.3 is 0 Å². The summed E-state index contributed by atoms with van der Waals surface area (Å²) in [5.74, 6) is 0.116. The Kier molecular flexibility index (Phi) is 4.56. The van der Waals surface area contributed by atoms with Crippen LogP contribution in [-0.4, -0.2) is 31.1 Å². The SMILES string of the molecule is CCCCS(=O)(=O)N(C)C(C)(C)C#N. The van der Waals surface area contributed by atoms with E-state index in [0.717, 1.165) is 10.7 Å². The second-order valence-electron chi connectivity index (χ2n) is 3.81. The number of nitriles is 1. The second kappa shape index (κ2) is 4.76. The Balaban J connectivity index is 4.70. The Bertz CT molecular complexity index is 314. The lowest BCUT2D eigenvalue weighted by Crippen LogP contribution is -2.44. The summed E-state index contributed by atoms with van der Waals surface area (Å²) in [5, 5.41) is 8.80. The third-order valence-corrected chi connectivity index (χ3v) is 4.33. The summed E-state index contributed by atoms with van der Waals surface area (Å²) in [6.07, 6.45) is 1.47. The van der Waals surface area contributed by atoms with Crippen molar-refractivity contribution in [3.8, 4) is 6.07 Å². The smallest absolute Gasteiger partial charge is 0.212 e. The fourth-order valence-electron chi connectivity index (χ4n) is 0.882. The third-order valence-electron chi connectivity index (χ3n) is 2.23. The fraction of sp³-hybridized carbons (Fsp3) is 0.889. The molecule has 0 amide bonds. The van der Waals surface area contributed by atoms with Crippen LogP contribution in [-0.2, 0) is 10.0 Å². The molecule has 0 bridgehead atoms. The quantitative estimate of drug-likeness (QED) is 0.699. The first-order valence-corrected chi connectivity index (χ1v) is 6.27. The van der Waals surface area contributed by atoms with E-state index in [2.05, 4.69) is 0 Å². The highest BCUT2D eigenvalue weighted by molar-refractivity contribution is 7.89. The zero-order chi connectivity index (χ0) is 11.4. The number of hydrogen-bond acceptors (Lipinski definition) is 3. The molecule has 0 N–H and O–H groups in total. The number of unbranched alkanes of at least 4 members (excludes halogenated alkanes) is 1. The van der Waals surface area contributed by atoms with E-state index in [1.165, 1.54) is 7.05 Å². The van der Waals surface area contributed by atoms with Crippen LogP contribution in [0.25, 0.3) is 0 Å². The van der Waals surface area contributed by atoms with Gasteiger partial charge in [0.2, 0.25) is 10.0 Å². The fourth-order valence-corrected chi connectivity index (χ4v) is 2.55. The van der Waals surface area contributed by atoms with Gasteiger partial charge in [-0.05, 0) is 20.3 Å². The number of sulfonamides is 1. The molecule has 0 saturated carbocycles. The van der Waals surface area contributed by atoms with Gasteiger partial charge >= 0.3 is 0 Å². The Morgan fingerprint density at radius 2 is 1.93 bits per heavy atom. The predicted molar refractivity (Wildman–Crippen MR) is 56.1 cm³/mol. The highest BCUT2D eigenvalue weighted by Crippen LogP contribution is 2.16. The number of rotatable bonds is 5. The van der Waals surface area contributed by atoms with Crippen molar-refractivity contribution in [2.24, 2.45) is 0 Å². The Morgan fingerprint density at radius 3 is 2.29 bits per heavy atom. The molecule has 0 saturated heterocycles. The van der Waals surface area contributed by atoms with Crippen molar-refractivity contribution < 1.29 is 8.42 Å². The summed E-state index contributed by atoms with van der Waals surface area (Å²) in [7, 11) is -1.83. The van der Waals surface area contributed by atoms with Crippen molar-refractivity contribution in [1.29, 1.82) is 5.26 Å². The van der Waals surface area contributed by atoms with Gasteiger partial charge in [-0.15, -0.1) is 0 Å². The Hall–Kier alpha value is -0.600. The summed E-state index contributed by atoms with van der Waals surface area (Å²) in [6.45, 7) is 5.12. The van der Waals surface area contributed by atoms with Crippen molar-refractivity contribution in [2.45, 2.75) is 39.2 Å². The molecule has 0 heterocycles. The van der Waals surface area contributed by atoms with E-state index in [1.807, 2.05) is 13.0 Å². The van der Waals surface area contributed by atoms with E-state index < -0.39 is 15.6 Å². The van der Waals surface area contributed by atoms with Gasteiger partial charge in [0, 0.05) is 7.05 Å². The van der Waals surface area contributed by atoms with Crippen LogP contribution in [0, 0.1) is 11.3 Å². The largest absolute Gasteiger partial charge is 0.215 e. The summed E-state index contributed by atoms with van der Waals surface area (Å²) in [5.41, 5.74) is -0.966. The van der Waals surface area contributed by atoms with Crippen LogP contribution in [0.3, 0.4) is 0 Å². The standard InChI is InChI=1S/C9H18N2O2S/c1-5-6-7-14(12,13)11(4)9(2,3)8-10/h5-7H2,1-4H3. The number of nitrogens with zero attached hydrogens (tertiary/aromatic N) is 2. The van der Waals surface area contributed by atoms with Gasteiger partial charge in [0.25, 0.3) is 0 Å². The maximum atomic E-state index is 11.7. The van der Waals surface area contributed by atoms with Crippen LogP contribution < -0.4 is 0 Å². The molecule has 0 aliphatic rings. The van der Waals surface area contributed by atoms with E-state index in [4.69, 9.17) is 5.26 Å². The minimum atomic E-state index is -3.28. The van der Waals surface area contributed by atoms with Gasteiger partial charge in [-0.3, -0.25) is 0 Å². The van der Waals surface area contributed by atoms with Crippen molar-refractivity contribution in [3.63, 3.8) is 0 Å². The molecule has 0 fully saturated rings. The van der Waals surface area contributed by atoms with Crippen LogP contribution in [0.15, 0.2) is 0 Å². The van der Waals surface area contributed by atoms with Gasteiger partial charge in [0.15, 0.2) is 0 Å². The summed E-state index contributed by atoms with van der Waals surface area (Å²) < 4.78 is 24.5. The zero-order valence-corrected chi connectivity index (χ0v) is 10.1. The molecule has 82 valence electrons. The first-order chi connectivity index (χ1) is 6.28. The van der Waals surface area contributed by atoms with Crippen molar-refractivity contribution >= 4 is 10.0 Å². The van der Waals surface area contributed by atoms with Crippen molar-refractivity contribution in [3.05, 3.63) is 0 Å². The minimum absolute atomic E-state index is 0.116. The number of hydrogen-bond donors (Lipinski definition) is 0. The average molecular weight is 218 g/mol. The molecule has 5 heteroatoms. The topological polar surface area (TPSA) is 61.2 Å². The molecule has 0 aromatic carbocycles. The van der Waals surface area contributed by atoms with Crippen molar-refractivity contribution in [1.82, 2.24) is 4.31 Å². The van der Waals surface area contributed by atoms with Gasteiger partial charge in [-0.2, -0.15) is 9.57 Å². The third kappa shape index (κ3) is 3.28.